The Balaban J connectivity index is 1.42. The van der Waals surface area contributed by atoms with Crippen molar-refractivity contribution in [3.8, 4) is 5.82 Å². The second-order valence-corrected chi connectivity index (χ2v) is 8.79. The van der Waals surface area contributed by atoms with Gasteiger partial charge in [0.1, 0.15) is 6.04 Å². The maximum atomic E-state index is 13.0. The zero-order valence-electron chi connectivity index (χ0n) is 20.0. The summed E-state index contributed by atoms with van der Waals surface area (Å²) in [7, 11) is 0. The molecule has 0 bridgehead atoms. The average molecular weight is 461 g/mol. The van der Waals surface area contributed by atoms with Gasteiger partial charge in [0.25, 0.3) is 5.91 Å². The number of anilines is 2. The maximum absolute atomic E-state index is 13.0. The van der Waals surface area contributed by atoms with Gasteiger partial charge in [-0.05, 0) is 69.5 Å². The van der Waals surface area contributed by atoms with Crippen molar-refractivity contribution in [1.82, 2.24) is 20.1 Å². The molecular weight excluding hydrogens is 428 g/mol. The van der Waals surface area contributed by atoms with Gasteiger partial charge in [-0.3, -0.25) is 9.59 Å². The van der Waals surface area contributed by atoms with Crippen LogP contribution >= 0.6 is 0 Å². The number of aromatic nitrogens is 3. The van der Waals surface area contributed by atoms with E-state index in [2.05, 4.69) is 31.7 Å². The molecule has 1 fully saturated rings. The first-order chi connectivity index (χ1) is 16.4. The largest absolute Gasteiger partial charge is 0.371 e. The number of nitrogens with zero attached hydrogens (tertiary/aromatic N) is 4. The van der Waals surface area contributed by atoms with Crippen LogP contribution in [0.2, 0.25) is 0 Å². The lowest BCUT2D eigenvalue weighted by atomic mass is 10.1. The Bertz CT molecular complexity index is 1150. The van der Waals surface area contributed by atoms with Crippen LogP contribution in [-0.2, 0) is 4.79 Å². The summed E-state index contributed by atoms with van der Waals surface area (Å²) in [6.07, 6.45) is 5.21. The van der Waals surface area contributed by atoms with Crippen LogP contribution in [0.4, 0.5) is 11.4 Å². The van der Waals surface area contributed by atoms with E-state index in [1.807, 2.05) is 45.0 Å². The van der Waals surface area contributed by atoms with Gasteiger partial charge in [0.05, 0.1) is 11.3 Å². The van der Waals surface area contributed by atoms with Crippen LogP contribution in [0.25, 0.3) is 5.82 Å². The van der Waals surface area contributed by atoms with Crippen molar-refractivity contribution in [2.24, 2.45) is 0 Å². The monoisotopic (exact) mass is 460 g/mol. The number of rotatable bonds is 8. The maximum Gasteiger partial charge on any atom is 0.253 e. The van der Waals surface area contributed by atoms with Crippen LogP contribution in [0.15, 0.2) is 48.7 Å². The molecule has 0 radical (unpaired) electrons. The molecule has 178 valence electrons. The molecular formula is C26H32N6O2. The Morgan fingerprint density at radius 1 is 1.09 bits per heavy atom. The molecule has 2 amide bonds. The summed E-state index contributed by atoms with van der Waals surface area (Å²) in [5.41, 5.74) is 4.12. The minimum Gasteiger partial charge on any atom is -0.371 e. The minimum atomic E-state index is -0.636. The molecule has 1 aromatic carbocycles. The molecule has 4 rings (SSSR count). The van der Waals surface area contributed by atoms with Crippen LogP contribution in [-0.4, -0.2) is 45.7 Å². The predicted octanol–water partition coefficient (Wildman–Crippen LogP) is 4.02. The summed E-state index contributed by atoms with van der Waals surface area (Å²) < 4.78 is 1.74. The lowest BCUT2D eigenvalue weighted by Crippen LogP contribution is -2.43. The third-order valence-electron chi connectivity index (χ3n) is 6.02. The number of aryl methyl sites for hydroxylation is 2. The molecule has 1 aliphatic heterocycles. The molecule has 3 heterocycles. The Morgan fingerprint density at radius 2 is 1.88 bits per heavy atom. The van der Waals surface area contributed by atoms with Gasteiger partial charge in [0.15, 0.2) is 5.82 Å². The van der Waals surface area contributed by atoms with E-state index in [-0.39, 0.29) is 11.8 Å². The molecule has 8 heteroatoms. The summed E-state index contributed by atoms with van der Waals surface area (Å²) >= 11 is 0. The Morgan fingerprint density at radius 3 is 2.53 bits per heavy atom. The fraction of sp³-hybridized carbons (Fsp3) is 0.385. The molecule has 1 unspecified atom stereocenters. The first-order valence-electron chi connectivity index (χ1n) is 11.9. The van der Waals surface area contributed by atoms with E-state index in [1.54, 1.807) is 16.8 Å². The normalized spacial score (nSPS) is 14.1. The van der Waals surface area contributed by atoms with Crippen LogP contribution in [0.3, 0.4) is 0 Å². The molecule has 34 heavy (non-hydrogen) atoms. The van der Waals surface area contributed by atoms with Crippen LogP contribution < -0.4 is 15.5 Å². The van der Waals surface area contributed by atoms with Gasteiger partial charge in [0.2, 0.25) is 5.91 Å². The van der Waals surface area contributed by atoms with Crippen molar-refractivity contribution in [2.75, 3.05) is 23.3 Å². The number of carbonyl (C=O) groups is 2. The Labute approximate surface area is 200 Å². The van der Waals surface area contributed by atoms with Crippen molar-refractivity contribution < 1.29 is 9.59 Å². The van der Waals surface area contributed by atoms with E-state index in [4.69, 9.17) is 0 Å². The lowest BCUT2D eigenvalue weighted by Gasteiger charge is -2.20. The van der Waals surface area contributed by atoms with Crippen molar-refractivity contribution in [1.29, 1.82) is 0 Å². The molecule has 0 saturated carbocycles. The van der Waals surface area contributed by atoms with E-state index >= 15 is 0 Å². The quantitative estimate of drug-likeness (QED) is 0.530. The first kappa shape index (κ1) is 23.5. The topological polar surface area (TPSA) is 92.1 Å². The fourth-order valence-corrected chi connectivity index (χ4v) is 4.29. The molecule has 2 aromatic heterocycles. The Kier molecular flexibility index (Phi) is 7.25. The van der Waals surface area contributed by atoms with E-state index in [0.29, 0.717) is 17.8 Å². The van der Waals surface area contributed by atoms with Crippen LogP contribution in [0.5, 0.6) is 0 Å². The SMILES string of the molecule is CCCC(NC(=O)c1ccc(-n2nc(C)cc2C)nc1)C(=O)Nc1cccc(N2CCCC2)c1. The van der Waals surface area contributed by atoms with Gasteiger partial charge < -0.3 is 15.5 Å². The lowest BCUT2D eigenvalue weighted by molar-refractivity contribution is -0.118. The van der Waals surface area contributed by atoms with Crippen molar-refractivity contribution in [2.45, 2.75) is 52.5 Å². The van der Waals surface area contributed by atoms with E-state index in [0.717, 1.165) is 42.3 Å². The second kappa shape index (κ2) is 10.5. The van der Waals surface area contributed by atoms with Gasteiger partial charge in [0, 0.05) is 36.4 Å². The molecule has 0 aliphatic carbocycles. The third kappa shape index (κ3) is 5.44. The van der Waals surface area contributed by atoms with Crippen LogP contribution in [0.1, 0.15) is 54.4 Å². The summed E-state index contributed by atoms with van der Waals surface area (Å²) in [5, 5.41) is 10.3. The molecule has 3 aromatic rings. The van der Waals surface area contributed by atoms with Crippen molar-refractivity contribution in [3.63, 3.8) is 0 Å². The zero-order valence-corrected chi connectivity index (χ0v) is 20.0. The molecule has 0 spiro atoms. The minimum absolute atomic E-state index is 0.221. The highest BCUT2D eigenvalue weighted by Crippen LogP contribution is 2.23. The second-order valence-electron chi connectivity index (χ2n) is 8.79. The van der Waals surface area contributed by atoms with E-state index in [1.165, 1.54) is 19.0 Å². The number of hydrogen-bond donors (Lipinski definition) is 2. The predicted molar refractivity (Wildman–Crippen MR) is 134 cm³/mol. The number of carbonyl (C=O) groups excluding carboxylic acids is 2. The van der Waals surface area contributed by atoms with Crippen molar-refractivity contribution >= 4 is 23.2 Å². The summed E-state index contributed by atoms with van der Waals surface area (Å²) in [4.78, 5) is 32.6. The summed E-state index contributed by atoms with van der Waals surface area (Å²) in [5.74, 6) is 0.0933. The molecule has 1 saturated heterocycles. The van der Waals surface area contributed by atoms with E-state index in [9.17, 15) is 9.59 Å². The first-order valence-corrected chi connectivity index (χ1v) is 11.9. The number of nitrogens with one attached hydrogen (secondary N) is 2. The smallest absolute Gasteiger partial charge is 0.253 e. The molecule has 2 N–H and O–H groups in total. The van der Waals surface area contributed by atoms with Crippen molar-refractivity contribution in [3.05, 3.63) is 65.6 Å². The van der Waals surface area contributed by atoms with Crippen LogP contribution in [0, 0.1) is 13.8 Å². The standard InChI is InChI=1S/C26H32N6O2/c1-4-8-23(26(34)28-21-9-7-10-22(16-21)31-13-5-6-14-31)29-25(33)20-11-12-24(27-17-20)32-19(3)15-18(2)30-32/h7,9-12,15-17,23H,4-6,8,13-14H2,1-3H3,(H,28,34)(H,29,33). The van der Waals surface area contributed by atoms with Gasteiger partial charge >= 0.3 is 0 Å². The van der Waals surface area contributed by atoms with Gasteiger partial charge in [-0.2, -0.15) is 5.10 Å². The highest BCUT2D eigenvalue weighted by atomic mass is 16.2. The van der Waals surface area contributed by atoms with Gasteiger partial charge in [-0.1, -0.05) is 19.4 Å². The van der Waals surface area contributed by atoms with Gasteiger partial charge in [-0.15, -0.1) is 0 Å². The summed E-state index contributed by atoms with van der Waals surface area (Å²) in [6.45, 7) is 7.95. The fourth-order valence-electron chi connectivity index (χ4n) is 4.29. The summed E-state index contributed by atoms with van der Waals surface area (Å²) in [6, 6.07) is 12.7. The number of pyridine rings is 1. The molecule has 1 atom stereocenters. The molecule has 8 nitrogen and oxygen atoms in total. The highest BCUT2D eigenvalue weighted by molar-refractivity contribution is 6.01. The van der Waals surface area contributed by atoms with Gasteiger partial charge in [-0.25, -0.2) is 9.67 Å². The zero-order chi connectivity index (χ0) is 24.1. The third-order valence-corrected chi connectivity index (χ3v) is 6.02. The Hall–Kier alpha value is -3.68. The number of amides is 2. The highest BCUT2D eigenvalue weighted by Gasteiger charge is 2.22. The van der Waals surface area contributed by atoms with E-state index < -0.39 is 6.04 Å². The number of benzene rings is 1. The number of hydrogen-bond acceptors (Lipinski definition) is 5. The average Bonchev–Trinajstić information content (AvgIpc) is 3.48. The molecule has 1 aliphatic rings.